The minimum absolute atomic E-state index is 0.00794. The molecule has 2 N–H and O–H groups in total. The highest BCUT2D eigenvalue weighted by Gasteiger charge is 2.60. The van der Waals surface area contributed by atoms with E-state index in [0.29, 0.717) is 48.6 Å². The SMILES string of the molecule is CCC(NC(C)C)c1cccc(OCC[C@]23CCC4C(CCC5=CC(=O)CC[C@@]54C)C2CC[C@@H]3O)c1. The number of hydrogen-bond donors (Lipinski definition) is 2. The van der Waals surface area contributed by atoms with Crippen LogP contribution in [0.1, 0.15) is 104 Å². The van der Waals surface area contributed by atoms with Crippen LogP contribution in [0, 0.1) is 28.6 Å². The zero-order valence-corrected chi connectivity index (χ0v) is 22.9. The topological polar surface area (TPSA) is 58.6 Å². The van der Waals surface area contributed by atoms with Crippen LogP contribution >= 0.6 is 0 Å². The van der Waals surface area contributed by atoms with Crippen LogP contribution in [0.2, 0.25) is 0 Å². The molecule has 1 aromatic rings. The summed E-state index contributed by atoms with van der Waals surface area (Å²) in [6, 6.07) is 9.35. The van der Waals surface area contributed by atoms with Crippen LogP contribution in [0.4, 0.5) is 0 Å². The van der Waals surface area contributed by atoms with E-state index in [-0.39, 0.29) is 16.9 Å². The van der Waals surface area contributed by atoms with E-state index in [4.69, 9.17) is 4.74 Å². The molecule has 0 amide bonds. The van der Waals surface area contributed by atoms with E-state index in [2.05, 4.69) is 57.3 Å². The number of aliphatic hydroxyl groups excluding tert-OH is 1. The number of hydrogen-bond acceptors (Lipinski definition) is 4. The Bertz CT molecular complexity index is 985. The van der Waals surface area contributed by atoms with E-state index in [1.165, 1.54) is 24.0 Å². The summed E-state index contributed by atoms with van der Waals surface area (Å²) in [6.07, 6.45) is 12.1. The van der Waals surface area contributed by atoms with Gasteiger partial charge < -0.3 is 15.2 Å². The highest BCUT2D eigenvalue weighted by atomic mass is 16.5. The van der Waals surface area contributed by atoms with Gasteiger partial charge in [-0.15, -0.1) is 0 Å². The Balaban J connectivity index is 1.28. The number of ketones is 1. The number of benzene rings is 1. The van der Waals surface area contributed by atoms with E-state index >= 15 is 0 Å². The highest BCUT2D eigenvalue weighted by Crippen LogP contribution is 2.66. The van der Waals surface area contributed by atoms with Crippen LogP contribution < -0.4 is 10.1 Å². The van der Waals surface area contributed by atoms with Crippen LogP contribution in [-0.4, -0.2) is 29.6 Å². The molecule has 3 fully saturated rings. The Morgan fingerprint density at radius 2 is 1.94 bits per heavy atom. The van der Waals surface area contributed by atoms with Gasteiger partial charge in [-0.05, 0) is 105 Å². The average molecular weight is 494 g/mol. The van der Waals surface area contributed by atoms with Crippen LogP contribution in [0.3, 0.4) is 0 Å². The van der Waals surface area contributed by atoms with Crippen LogP contribution in [0.5, 0.6) is 5.75 Å². The first-order chi connectivity index (χ1) is 17.3. The van der Waals surface area contributed by atoms with Gasteiger partial charge in [-0.25, -0.2) is 0 Å². The number of allylic oxidation sites excluding steroid dienone is 1. The summed E-state index contributed by atoms with van der Waals surface area (Å²) >= 11 is 0. The largest absolute Gasteiger partial charge is 0.494 e. The quantitative estimate of drug-likeness (QED) is 0.419. The lowest BCUT2D eigenvalue weighted by atomic mass is 9.46. The van der Waals surface area contributed by atoms with Crippen molar-refractivity contribution >= 4 is 5.78 Å². The maximum atomic E-state index is 12.1. The third-order valence-corrected chi connectivity index (χ3v) is 10.7. The van der Waals surface area contributed by atoms with Gasteiger partial charge >= 0.3 is 0 Å². The zero-order valence-electron chi connectivity index (χ0n) is 22.9. The molecule has 0 radical (unpaired) electrons. The molecule has 4 heteroatoms. The van der Waals surface area contributed by atoms with Crippen molar-refractivity contribution in [3.63, 3.8) is 0 Å². The second-order valence-corrected chi connectivity index (χ2v) is 12.8. The Hall–Kier alpha value is -1.65. The fourth-order valence-electron chi connectivity index (χ4n) is 8.85. The van der Waals surface area contributed by atoms with E-state index in [1.54, 1.807) is 0 Å². The second kappa shape index (κ2) is 10.3. The Morgan fingerprint density at radius 1 is 1.11 bits per heavy atom. The normalized spacial score (nSPS) is 36.6. The lowest BCUT2D eigenvalue weighted by molar-refractivity contribution is -0.118. The lowest BCUT2D eigenvalue weighted by Gasteiger charge is -2.58. The zero-order chi connectivity index (χ0) is 25.5. The van der Waals surface area contributed by atoms with Crippen molar-refractivity contribution < 1.29 is 14.6 Å². The Morgan fingerprint density at radius 3 is 2.72 bits per heavy atom. The number of aliphatic hydroxyl groups is 1. The van der Waals surface area contributed by atoms with Gasteiger partial charge in [-0.3, -0.25) is 4.79 Å². The Labute approximate surface area is 218 Å². The van der Waals surface area contributed by atoms with Crippen LogP contribution in [0.15, 0.2) is 35.9 Å². The molecular formula is C32H47NO3. The minimum atomic E-state index is -0.212. The molecule has 198 valence electrons. The molecule has 0 bridgehead atoms. The number of nitrogens with one attached hydrogen (secondary N) is 1. The number of carbonyl (C=O) groups is 1. The molecular weight excluding hydrogens is 446 g/mol. The summed E-state index contributed by atoms with van der Waals surface area (Å²) < 4.78 is 6.37. The predicted molar refractivity (Wildman–Crippen MR) is 145 cm³/mol. The van der Waals surface area contributed by atoms with E-state index < -0.39 is 0 Å². The molecule has 7 atom stereocenters. The van der Waals surface area contributed by atoms with Crippen molar-refractivity contribution in [2.75, 3.05) is 6.61 Å². The molecule has 4 aliphatic rings. The molecule has 4 aliphatic carbocycles. The third-order valence-electron chi connectivity index (χ3n) is 10.7. The minimum Gasteiger partial charge on any atom is -0.494 e. The van der Waals surface area contributed by atoms with Crippen LogP contribution in [-0.2, 0) is 4.79 Å². The first-order valence-electron chi connectivity index (χ1n) is 14.7. The summed E-state index contributed by atoms with van der Waals surface area (Å²) in [5.41, 5.74) is 2.89. The molecule has 5 rings (SSSR count). The van der Waals surface area contributed by atoms with Gasteiger partial charge in [0.15, 0.2) is 5.78 Å². The fourth-order valence-corrected chi connectivity index (χ4v) is 8.85. The molecule has 3 saturated carbocycles. The maximum Gasteiger partial charge on any atom is 0.155 e. The van der Waals surface area contributed by atoms with Gasteiger partial charge in [0, 0.05) is 23.9 Å². The summed E-state index contributed by atoms with van der Waals surface area (Å²) in [6.45, 7) is 9.71. The molecule has 0 saturated heterocycles. The number of ether oxygens (including phenoxy) is 1. The molecule has 36 heavy (non-hydrogen) atoms. The van der Waals surface area contributed by atoms with E-state index in [0.717, 1.165) is 50.7 Å². The second-order valence-electron chi connectivity index (χ2n) is 12.8. The van der Waals surface area contributed by atoms with Crippen molar-refractivity contribution in [2.45, 2.75) is 110 Å². The van der Waals surface area contributed by atoms with Crippen molar-refractivity contribution in [3.8, 4) is 5.75 Å². The summed E-state index contributed by atoms with van der Waals surface area (Å²) in [5, 5.41) is 15.0. The molecule has 0 aromatic heterocycles. The number of rotatable bonds is 8. The third kappa shape index (κ3) is 4.58. The van der Waals surface area contributed by atoms with Gasteiger partial charge in [0.1, 0.15) is 5.75 Å². The monoisotopic (exact) mass is 493 g/mol. The standard InChI is InChI=1S/C32H47NO3/c1-5-29(33-21(2)3)22-7-6-8-25(19-22)36-18-17-32-16-14-27-26(28(32)11-12-30(32)35)10-9-23-20-24(34)13-15-31(23,27)4/h6-8,19-21,26-30,33,35H,5,9-18H2,1-4H3/t26?,27?,28?,29?,30-,31-,32+/m0/s1. The van der Waals surface area contributed by atoms with Gasteiger partial charge in [0.05, 0.1) is 12.7 Å². The summed E-state index contributed by atoms with van der Waals surface area (Å²) in [5.74, 6) is 3.18. The van der Waals surface area contributed by atoms with Gasteiger partial charge in [-0.2, -0.15) is 0 Å². The highest BCUT2D eigenvalue weighted by molar-refractivity contribution is 5.91. The lowest BCUT2D eigenvalue weighted by Crippen LogP contribution is -2.52. The molecule has 0 aliphatic heterocycles. The van der Waals surface area contributed by atoms with Crippen LogP contribution in [0.25, 0.3) is 0 Å². The molecule has 4 unspecified atom stereocenters. The predicted octanol–water partition coefficient (Wildman–Crippen LogP) is 6.78. The molecule has 1 aromatic carbocycles. The van der Waals surface area contributed by atoms with Gasteiger partial charge in [0.2, 0.25) is 0 Å². The van der Waals surface area contributed by atoms with Gasteiger partial charge in [-0.1, -0.05) is 45.4 Å². The number of carbonyl (C=O) groups excluding carboxylic acids is 1. The molecule has 4 nitrogen and oxygen atoms in total. The van der Waals surface area contributed by atoms with E-state index in [9.17, 15) is 9.90 Å². The van der Waals surface area contributed by atoms with Crippen molar-refractivity contribution in [2.24, 2.45) is 28.6 Å². The molecule has 0 spiro atoms. The van der Waals surface area contributed by atoms with Gasteiger partial charge in [0.25, 0.3) is 0 Å². The van der Waals surface area contributed by atoms with Crippen molar-refractivity contribution in [1.29, 1.82) is 0 Å². The van der Waals surface area contributed by atoms with Crippen molar-refractivity contribution in [1.82, 2.24) is 5.32 Å². The Kier molecular flexibility index (Phi) is 7.40. The molecule has 0 heterocycles. The summed E-state index contributed by atoms with van der Waals surface area (Å²) in [4.78, 5) is 12.1. The number of fused-ring (bicyclic) bond motifs is 5. The average Bonchev–Trinajstić information content (AvgIpc) is 3.19. The van der Waals surface area contributed by atoms with Crippen molar-refractivity contribution in [3.05, 3.63) is 41.5 Å². The van der Waals surface area contributed by atoms with E-state index in [1.807, 2.05) is 6.08 Å². The summed E-state index contributed by atoms with van der Waals surface area (Å²) in [7, 11) is 0. The smallest absolute Gasteiger partial charge is 0.155 e. The first-order valence-corrected chi connectivity index (χ1v) is 14.7. The first kappa shape index (κ1) is 26.0. The fraction of sp³-hybridized carbons (Fsp3) is 0.719. The maximum absolute atomic E-state index is 12.1.